The van der Waals surface area contributed by atoms with Gasteiger partial charge in [-0.05, 0) is 60.2 Å². The topological polar surface area (TPSA) is 48.1 Å². The molecule has 0 spiro atoms. The van der Waals surface area contributed by atoms with Crippen molar-refractivity contribution in [3.63, 3.8) is 0 Å². The average molecular weight is 485 g/mol. The molecule has 4 nitrogen and oxygen atoms in total. The fourth-order valence-corrected chi connectivity index (χ4v) is 5.32. The molecule has 0 saturated heterocycles. The molecule has 0 aromatic heterocycles. The molecule has 0 bridgehead atoms. The van der Waals surface area contributed by atoms with Gasteiger partial charge in [-0.3, -0.25) is 0 Å². The standard InChI is InChI=1S/C28H28N4S2/c33-27(29-23-17-7-11-19-9-1-3-13-21(19)23)31-25-15-5-6-16-26(25)32-28(34)30-24-18-8-12-20-10-2-4-14-22(20)24/h1-4,7-14,17-18,25-26H,5-6,15-16H2,(H2,29,31,33)(H2,30,32,34)/t25-,26+. The van der Waals surface area contributed by atoms with Crippen molar-refractivity contribution in [1.82, 2.24) is 10.6 Å². The summed E-state index contributed by atoms with van der Waals surface area (Å²) in [5.41, 5.74) is 2.04. The molecule has 0 unspecified atom stereocenters. The molecule has 0 heterocycles. The lowest BCUT2D eigenvalue weighted by Crippen LogP contribution is -2.54. The van der Waals surface area contributed by atoms with Crippen LogP contribution in [0.15, 0.2) is 84.9 Å². The molecule has 1 saturated carbocycles. The van der Waals surface area contributed by atoms with Crippen LogP contribution in [0.1, 0.15) is 25.7 Å². The Labute approximate surface area is 211 Å². The lowest BCUT2D eigenvalue weighted by molar-refractivity contribution is 0.340. The van der Waals surface area contributed by atoms with Crippen molar-refractivity contribution in [2.75, 3.05) is 10.6 Å². The Bertz CT molecular complexity index is 1220. The molecule has 1 aliphatic rings. The second-order valence-electron chi connectivity index (χ2n) is 8.75. The SMILES string of the molecule is S=C(Nc1cccc2ccccc12)N[C@H]1CCCC[C@H]1NC(=S)Nc1cccc2ccccc12. The van der Waals surface area contributed by atoms with Crippen LogP contribution in [-0.4, -0.2) is 22.3 Å². The van der Waals surface area contributed by atoms with Crippen LogP contribution >= 0.6 is 24.4 Å². The van der Waals surface area contributed by atoms with Crippen LogP contribution in [0.2, 0.25) is 0 Å². The molecule has 1 aliphatic carbocycles. The van der Waals surface area contributed by atoms with E-state index in [9.17, 15) is 0 Å². The smallest absolute Gasteiger partial charge is 0.171 e. The van der Waals surface area contributed by atoms with Gasteiger partial charge in [-0.1, -0.05) is 85.6 Å². The fraction of sp³-hybridized carbons (Fsp3) is 0.214. The molecule has 2 atom stereocenters. The monoisotopic (exact) mass is 484 g/mol. The fourth-order valence-electron chi connectivity index (χ4n) is 4.80. The van der Waals surface area contributed by atoms with E-state index in [2.05, 4.69) is 106 Å². The maximum atomic E-state index is 5.71. The van der Waals surface area contributed by atoms with Gasteiger partial charge >= 0.3 is 0 Å². The number of hydrogen-bond donors (Lipinski definition) is 4. The van der Waals surface area contributed by atoms with Crippen LogP contribution in [0.3, 0.4) is 0 Å². The molecule has 34 heavy (non-hydrogen) atoms. The number of hydrogen-bond acceptors (Lipinski definition) is 2. The summed E-state index contributed by atoms with van der Waals surface area (Å²) < 4.78 is 0. The highest BCUT2D eigenvalue weighted by Crippen LogP contribution is 2.25. The Balaban J connectivity index is 1.24. The normalized spacial score (nSPS) is 17.8. The first kappa shape index (κ1) is 22.6. The molecular weight excluding hydrogens is 456 g/mol. The maximum absolute atomic E-state index is 5.71. The highest BCUT2D eigenvalue weighted by atomic mass is 32.1. The summed E-state index contributed by atoms with van der Waals surface area (Å²) in [6.07, 6.45) is 4.45. The lowest BCUT2D eigenvalue weighted by atomic mass is 9.90. The highest BCUT2D eigenvalue weighted by molar-refractivity contribution is 7.80. The van der Waals surface area contributed by atoms with Gasteiger partial charge in [0.25, 0.3) is 0 Å². The second-order valence-corrected chi connectivity index (χ2v) is 9.56. The Morgan fingerprint density at radius 2 is 0.971 bits per heavy atom. The first-order valence-electron chi connectivity index (χ1n) is 11.8. The molecule has 6 heteroatoms. The predicted molar refractivity (Wildman–Crippen MR) is 153 cm³/mol. The summed E-state index contributed by atoms with van der Waals surface area (Å²) in [5.74, 6) is 0. The quantitative estimate of drug-likeness (QED) is 0.246. The van der Waals surface area contributed by atoms with E-state index >= 15 is 0 Å². The predicted octanol–water partition coefficient (Wildman–Crippen LogP) is 6.58. The van der Waals surface area contributed by atoms with Gasteiger partial charge in [0.15, 0.2) is 10.2 Å². The third-order valence-electron chi connectivity index (χ3n) is 6.47. The zero-order valence-corrected chi connectivity index (χ0v) is 20.5. The first-order chi connectivity index (χ1) is 16.7. The van der Waals surface area contributed by atoms with Crippen molar-refractivity contribution in [3.05, 3.63) is 84.9 Å². The van der Waals surface area contributed by atoms with Crippen LogP contribution < -0.4 is 21.3 Å². The van der Waals surface area contributed by atoms with Crippen molar-refractivity contribution < 1.29 is 0 Å². The molecule has 1 fully saturated rings. The van der Waals surface area contributed by atoms with Crippen molar-refractivity contribution in [1.29, 1.82) is 0 Å². The van der Waals surface area contributed by atoms with E-state index in [1.807, 2.05) is 0 Å². The Kier molecular flexibility index (Phi) is 6.88. The molecule has 0 radical (unpaired) electrons. The lowest BCUT2D eigenvalue weighted by Gasteiger charge is -2.34. The summed E-state index contributed by atoms with van der Waals surface area (Å²) in [5, 5.41) is 19.9. The summed E-state index contributed by atoms with van der Waals surface area (Å²) in [6.45, 7) is 0. The Morgan fingerprint density at radius 3 is 1.44 bits per heavy atom. The zero-order valence-electron chi connectivity index (χ0n) is 18.9. The van der Waals surface area contributed by atoms with Crippen LogP contribution in [0.5, 0.6) is 0 Å². The number of thiocarbonyl (C=S) groups is 2. The molecule has 172 valence electrons. The third kappa shape index (κ3) is 5.13. The zero-order chi connectivity index (χ0) is 23.3. The van der Waals surface area contributed by atoms with E-state index in [0.717, 1.165) is 35.0 Å². The van der Waals surface area contributed by atoms with Crippen LogP contribution in [0.4, 0.5) is 11.4 Å². The van der Waals surface area contributed by atoms with E-state index in [-0.39, 0.29) is 12.1 Å². The van der Waals surface area contributed by atoms with Gasteiger partial charge in [-0.2, -0.15) is 0 Å². The number of rotatable bonds is 4. The van der Waals surface area contributed by atoms with E-state index < -0.39 is 0 Å². The molecule has 0 aliphatic heterocycles. The number of fused-ring (bicyclic) bond motifs is 2. The molecule has 4 N–H and O–H groups in total. The Morgan fingerprint density at radius 1 is 0.559 bits per heavy atom. The van der Waals surface area contributed by atoms with E-state index in [0.29, 0.717) is 10.2 Å². The van der Waals surface area contributed by atoms with E-state index in [1.165, 1.54) is 23.6 Å². The minimum atomic E-state index is 0.205. The molecule has 4 aromatic rings. The van der Waals surface area contributed by atoms with Crippen molar-refractivity contribution in [3.8, 4) is 0 Å². The summed E-state index contributed by atoms with van der Waals surface area (Å²) in [7, 11) is 0. The average Bonchev–Trinajstić information content (AvgIpc) is 2.86. The van der Waals surface area contributed by atoms with E-state index in [4.69, 9.17) is 24.4 Å². The molecule has 4 aromatic carbocycles. The third-order valence-corrected chi connectivity index (χ3v) is 6.91. The van der Waals surface area contributed by atoms with Crippen LogP contribution in [0.25, 0.3) is 21.5 Å². The first-order valence-corrected chi connectivity index (χ1v) is 12.6. The minimum absolute atomic E-state index is 0.205. The minimum Gasteiger partial charge on any atom is -0.358 e. The van der Waals surface area contributed by atoms with Crippen molar-refractivity contribution in [2.24, 2.45) is 0 Å². The second kappa shape index (κ2) is 10.4. The van der Waals surface area contributed by atoms with Crippen LogP contribution in [-0.2, 0) is 0 Å². The van der Waals surface area contributed by atoms with E-state index in [1.54, 1.807) is 0 Å². The molecule has 0 amide bonds. The summed E-state index contributed by atoms with van der Waals surface area (Å²) in [6, 6.07) is 29.5. The molecule has 5 rings (SSSR count). The van der Waals surface area contributed by atoms with Gasteiger partial charge in [0.1, 0.15) is 0 Å². The maximum Gasteiger partial charge on any atom is 0.171 e. The van der Waals surface area contributed by atoms with Gasteiger partial charge < -0.3 is 21.3 Å². The summed E-state index contributed by atoms with van der Waals surface area (Å²) in [4.78, 5) is 0. The van der Waals surface area contributed by atoms with Crippen LogP contribution in [0, 0.1) is 0 Å². The highest BCUT2D eigenvalue weighted by Gasteiger charge is 2.26. The van der Waals surface area contributed by atoms with Gasteiger partial charge in [0.05, 0.1) is 0 Å². The van der Waals surface area contributed by atoms with Crippen molar-refractivity contribution in [2.45, 2.75) is 37.8 Å². The number of benzene rings is 4. The number of nitrogens with one attached hydrogen (secondary N) is 4. The number of anilines is 2. The molecular formula is C28H28N4S2. The van der Waals surface area contributed by atoms with Crippen molar-refractivity contribution >= 4 is 67.6 Å². The Hall–Kier alpha value is -3.22. The summed E-state index contributed by atoms with van der Waals surface area (Å²) >= 11 is 11.4. The van der Waals surface area contributed by atoms with Gasteiger partial charge in [-0.25, -0.2) is 0 Å². The largest absolute Gasteiger partial charge is 0.358 e. The van der Waals surface area contributed by atoms with Gasteiger partial charge in [-0.15, -0.1) is 0 Å². The van der Waals surface area contributed by atoms with Gasteiger partial charge in [0, 0.05) is 34.2 Å². The van der Waals surface area contributed by atoms with Gasteiger partial charge in [0.2, 0.25) is 0 Å².